The molecule has 7 heteroatoms. The van der Waals surface area contributed by atoms with Gasteiger partial charge in [-0.15, -0.1) is 24.0 Å². The van der Waals surface area contributed by atoms with Crippen molar-refractivity contribution in [3.63, 3.8) is 0 Å². The van der Waals surface area contributed by atoms with Gasteiger partial charge in [-0.3, -0.25) is 14.8 Å². The molecule has 0 aromatic carbocycles. The first-order valence-corrected chi connectivity index (χ1v) is 7.35. The van der Waals surface area contributed by atoms with Gasteiger partial charge in [0.05, 0.1) is 19.3 Å². The van der Waals surface area contributed by atoms with Crippen LogP contribution in [0, 0.1) is 0 Å². The van der Waals surface area contributed by atoms with Crippen molar-refractivity contribution >= 4 is 29.9 Å². The molecule has 0 aliphatic carbocycles. The molecule has 2 unspecified atom stereocenters. The number of aliphatic imine (C=N–C) groups is 1. The number of halogens is 1. The molecule has 0 aromatic rings. The van der Waals surface area contributed by atoms with E-state index in [-0.39, 0.29) is 30.1 Å². The molecule has 4 heterocycles. The van der Waals surface area contributed by atoms with Crippen molar-refractivity contribution in [2.45, 2.75) is 19.1 Å². The lowest BCUT2D eigenvalue weighted by Gasteiger charge is -2.47. The molecule has 4 rings (SSSR count). The highest BCUT2D eigenvalue weighted by Gasteiger charge is 2.31. The Balaban J connectivity index is 0.00000147. The molecule has 0 saturated carbocycles. The van der Waals surface area contributed by atoms with E-state index in [0.717, 1.165) is 32.8 Å². The van der Waals surface area contributed by atoms with E-state index in [1.807, 2.05) is 0 Å². The van der Waals surface area contributed by atoms with E-state index in [1.54, 1.807) is 0 Å². The van der Waals surface area contributed by atoms with E-state index in [2.05, 4.69) is 26.6 Å². The van der Waals surface area contributed by atoms with Gasteiger partial charge in [0.15, 0.2) is 5.96 Å². The van der Waals surface area contributed by atoms with Gasteiger partial charge in [-0.2, -0.15) is 0 Å². The Bertz CT molecular complexity index is 346. The fraction of sp³-hybridized carbons (Fsp3) is 0.923. The van der Waals surface area contributed by atoms with Crippen LogP contribution >= 0.6 is 24.0 Å². The lowest BCUT2D eigenvalue weighted by atomic mass is 10.1. The van der Waals surface area contributed by atoms with Crippen molar-refractivity contribution in [2.75, 3.05) is 59.0 Å². The normalized spacial score (nSPS) is 37.6. The Kier molecular flexibility index (Phi) is 5.88. The van der Waals surface area contributed by atoms with Crippen LogP contribution in [-0.2, 0) is 4.74 Å². The summed E-state index contributed by atoms with van der Waals surface area (Å²) < 4.78 is 5.53. The molecule has 0 spiro atoms. The summed E-state index contributed by atoms with van der Waals surface area (Å²) in [6, 6.07) is 0.555. The third kappa shape index (κ3) is 3.75. The molecule has 0 radical (unpaired) electrons. The molecule has 20 heavy (non-hydrogen) atoms. The van der Waals surface area contributed by atoms with Gasteiger partial charge >= 0.3 is 0 Å². The van der Waals surface area contributed by atoms with Crippen LogP contribution in [0.4, 0.5) is 0 Å². The Hall–Kier alpha value is -0.120. The minimum atomic E-state index is 0. The first-order valence-electron chi connectivity index (χ1n) is 7.35. The van der Waals surface area contributed by atoms with Crippen LogP contribution in [0.3, 0.4) is 0 Å². The van der Waals surface area contributed by atoms with Crippen LogP contribution in [0.2, 0.25) is 0 Å². The molecule has 4 aliphatic heterocycles. The van der Waals surface area contributed by atoms with Gasteiger partial charge in [0.1, 0.15) is 0 Å². The molecule has 6 nitrogen and oxygen atoms in total. The summed E-state index contributed by atoms with van der Waals surface area (Å²) in [7, 11) is 0. The molecule has 2 atom stereocenters. The fourth-order valence-electron chi connectivity index (χ4n) is 3.22. The Morgan fingerprint density at radius 2 is 1.95 bits per heavy atom. The van der Waals surface area contributed by atoms with Crippen molar-refractivity contribution in [1.29, 1.82) is 0 Å². The Morgan fingerprint density at radius 1 is 1.20 bits per heavy atom. The zero-order valence-corrected chi connectivity index (χ0v) is 14.5. The Morgan fingerprint density at radius 3 is 2.55 bits per heavy atom. The largest absolute Gasteiger partial charge is 0.375 e. The summed E-state index contributed by atoms with van der Waals surface area (Å²) in [6.07, 6.45) is 0.253. The minimum Gasteiger partial charge on any atom is -0.375 e. The van der Waals surface area contributed by atoms with Crippen LogP contribution in [0.1, 0.15) is 6.92 Å². The summed E-state index contributed by atoms with van der Waals surface area (Å²) >= 11 is 0. The SMILES string of the molecule is CC1CN(C(N)=NCC2CN3CCN2CC3)CCO1.I. The average Bonchev–Trinajstić information content (AvgIpc) is 2.46. The second kappa shape index (κ2) is 7.24. The molecule has 2 N–H and O–H groups in total. The molecule has 4 saturated heterocycles. The molecule has 0 amide bonds. The number of piperazine rings is 3. The Labute approximate surface area is 138 Å². The summed E-state index contributed by atoms with van der Waals surface area (Å²) in [5, 5.41) is 0. The quantitative estimate of drug-likeness (QED) is 0.393. The van der Waals surface area contributed by atoms with Gasteiger partial charge in [0, 0.05) is 51.9 Å². The van der Waals surface area contributed by atoms with Crippen LogP contribution in [-0.4, -0.2) is 91.8 Å². The second-order valence-corrected chi connectivity index (χ2v) is 5.82. The van der Waals surface area contributed by atoms with Crippen LogP contribution < -0.4 is 5.73 Å². The molecular weight excluding hydrogens is 369 g/mol. The van der Waals surface area contributed by atoms with Gasteiger partial charge in [0.2, 0.25) is 0 Å². The zero-order chi connectivity index (χ0) is 13.2. The van der Waals surface area contributed by atoms with Crippen LogP contribution in [0.25, 0.3) is 0 Å². The van der Waals surface area contributed by atoms with Crippen molar-refractivity contribution < 1.29 is 4.74 Å². The first kappa shape index (κ1) is 16.3. The summed E-state index contributed by atoms with van der Waals surface area (Å²) in [6.45, 7) is 11.3. The lowest BCUT2D eigenvalue weighted by Crippen LogP contribution is -2.62. The topological polar surface area (TPSA) is 57.3 Å². The third-order valence-corrected chi connectivity index (χ3v) is 4.42. The number of ether oxygens (including phenoxy) is 1. The maximum atomic E-state index is 6.11. The highest BCUT2D eigenvalue weighted by atomic mass is 127. The number of guanidine groups is 1. The molecule has 0 aromatic heterocycles. The van der Waals surface area contributed by atoms with Crippen molar-refractivity contribution in [3.05, 3.63) is 0 Å². The van der Waals surface area contributed by atoms with Gasteiger partial charge in [-0.1, -0.05) is 0 Å². The lowest BCUT2D eigenvalue weighted by molar-refractivity contribution is 0.00458. The number of nitrogens with zero attached hydrogens (tertiary/aromatic N) is 4. The predicted octanol–water partition coefficient (Wildman–Crippen LogP) is -0.360. The van der Waals surface area contributed by atoms with Gasteiger partial charge in [-0.25, -0.2) is 0 Å². The summed E-state index contributed by atoms with van der Waals surface area (Å²) in [5.74, 6) is 0.688. The fourth-order valence-corrected chi connectivity index (χ4v) is 3.22. The highest BCUT2D eigenvalue weighted by Crippen LogP contribution is 2.15. The van der Waals surface area contributed by atoms with E-state index in [1.165, 1.54) is 26.2 Å². The monoisotopic (exact) mass is 395 g/mol. The number of morpholine rings is 1. The van der Waals surface area contributed by atoms with Crippen molar-refractivity contribution in [2.24, 2.45) is 10.7 Å². The smallest absolute Gasteiger partial charge is 0.191 e. The average molecular weight is 395 g/mol. The molecule has 4 fully saturated rings. The first-order chi connectivity index (χ1) is 9.22. The second-order valence-electron chi connectivity index (χ2n) is 5.82. The van der Waals surface area contributed by atoms with Crippen molar-refractivity contribution in [3.8, 4) is 0 Å². The maximum Gasteiger partial charge on any atom is 0.191 e. The number of hydrogen-bond acceptors (Lipinski definition) is 4. The van der Waals surface area contributed by atoms with Gasteiger partial charge < -0.3 is 15.4 Å². The zero-order valence-electron chi connectivity index (χ0n) is 12.2. The van der Waals surface area contributed by atoms with Crippen LogP contribution in [0.5, 0.6) is 0 Å². The summed E-state index contributed by atoms with van der Waals surface area (Å²) in [4.78, 5) is 11.9. The standard InChI is InChI=1S/C13H25N5O.HI/c1-11-9-18(6-7-19-11)13(14)15-8-12-10-16-2-4-17(12)5-3-16;/h11-12H,2-10H2,1H3,(H2,14,15);1H. The van der Waals surface area contributed by atoms with E-state index in [0.29, 0.717) is 12.0 Å². The van der Waals surface area contributed by atoms with Crippen LogP contribution in [0.15, 0.2) is 4.99 Å². The molecule has 116 valence electrons. The summed E-state index contributed by atoms with van der Waals surface area (Å²) in [5.41, 5.74) is 6.11. The van der Waals surface area contributed by atoms with E-state index >= 15 is 0 Å². The van der Waals surface area contributed by atoms with Gasteiger partial charge in [0.25, 0.3) is 0 Å². The predicted molar refractivity (Wildman–Crippen MR) is 90.7 cm³/mol. The van der Waals surface area contributed by atoms with E-state index in [4.69, 9.17) is 10.5 Å². The number of hydrogen-bond donors (Lipinski definition) is 1. The van der Waals surface area contributed by atoms with E-state index in [9.17, 15) is 0 Å². The molecular formula is C13H26IN5O. The maximum absolute atomic E-state index is 6.11. The molecule has 2 bridgehead atoms. The highest BCUT2D eigenvalue weighted by molar-refractivity contribution is 14.0. The van der Waals surface area contributed by atoms with E-state index < -0.39 is 0 Å². The minimum absolute atomic E-state index is 0. The van der Waals surface area contributed by atoms with Gasteiger partial charge in [-0.05, 0) is 6.92 Å². The number of rotatable bonds is 2. The number of fused-ring (bicyclic) bond motifs is 3. The van der Waals surface area contributed by atoms with Crippen molar-refractivity contribution in [1.82, 2.24) is 14.7 Å². The number of nitrogens with two attached hydrogens (primary N) is 1. The molecule has 4 aliphatic rings. The third-order valence-electron chi connectivity index (χ3n) is 4.42.